The number of thioether (sulfide) groups is 1. The first kappa shape index (κ1) is 24.6. The van der Waals surface area contributed by atoms with Crippen LogP contribution in [-0.4, -0.2) is 49.9 Å². The lowest BCUT2D eigenvalue weighted by atomic mass is 10.1. The zero-order valence-corrected chi connectivity index (χ0v) is 20.2. The lowest BCUT2D eigenvalue weighted by Gasteiger charge is -2.25. The maximum absolute atomic E-state index is 13.7. The molecule has 0 spiro atoms. The molecule has 2 N–H and O–H groups in total. The minimum Gasteiger partial charge on any atom is -0.454 e. The summed E-state index contributed by atoms with van der Waals surface area (Å²) in [6.07, 6.45) is 0. The molecule has 0 bridgehead atoms. The van der Waals surface area contributed by atoms with E-state index < -0.39 is 0 Å². The number of nitrogens with zero attached hydrogens (tertiary/aromatic N) is 1. The van der Waals surface area contributed by atoms with Crippen LogP contribution in [0.4, 0.5) is 10.1 Å². The summed E-state index contributed by atoms with van der Waals surface area (Å²) in [6, 6.07) is 18.5. The van der Waals surface area contributed by atoms with Crippen LogP contribution in [0.3, 0.4) is 0 Å². The fraction of sp³-hybridized carbons (Fsp3) is 0.231. The molecule has 3 aromatic carbocycles. The van der Waals surface area contributed by atoms with E-state index in [1.807, 2.05) is 37.2 Å². The van der Waals surface area contributed by atoms with Crippen molar-refractivity contribution in [2.75, 3.05) is 38.5 Å². The van der Waals surface area contributed by atoms with Gasteiger partial charge in [-0.1, -0.05) is 24.3 Å². The van der Waals surface area contributed by atoms with Crippen molar-refractivity contribution >= 4 is 29.3 Å². The molecular formula is C26H26FN3O4S. The highest BCUT2D eigenvalue weighted by atomic mass is 32.2. The van der Waals surface area contributed by atoms with Gasteiger partial charge in [0, 0.05) is 23.2 Å². The Labute approximate surface area is 207 Å². The first-order valence-electron chi connectivity index (χ1n) is 11.0. The molecule has 0 saturated heterocycles. The van der Waals surface area contributed by atoms with Crippen molar-refractivity contribution in [2.24, 2.45) is 0 Å². The summed E-state index contributed by atoms with van der Waals surface area (Å²) in [5.41, 5.74) is 1.86. The summed E-state index contributed by atoms with van der Waals surface area (Å²) >= 11 is 1.28. The monoisotopic (exact) mass is 495 g/mol. The molecule has 0 radical (unpaired) electrons. The van der Waals surface area contributed by atoms with Crippen LogP contribution in [0.5, 0.6) is 11.5 Å². The fourth-order valence-electron chi connectivity index (χ4n) is 3.69. The van der Waals surface area contributed by atoms with Crippen molar-refractivity contribution in [2.45, 2.75) is 10.9 Å². The van der Waals surface area contributed by atoms with Gasteiger partial charge >= 0.3 is 0 Å². The van der Waals surface area contributed by atoms with E-state index >= 15 is 0 Å². The third kappa shape index (κ3) is 6.32. The van der Waals surface area contributed by atoms with Crippen molar-refractivity contribution in [3.05, 3.63) is 83.7 Å². The van der Waals surface area contributed by atoms with Gasteiger partial charge in [0.2, 0.25) is 12.7 Å². The Morgan fingerprint density at radius 2 is 1.83 bits per heavy atom. The minimum atomic E-state index is -0.318. The molecule has 1 unspecified atom stereocenters. The number of amides is 2. The van der Waals surface area contributed by atoms with E-state index in [1.165, 1.54) is 23.9 Å². The van der Waals surface area contributed by atoms with Crippen LogP contribution in [0.25, 0.3) is 0 Å². The van der Waals surface area contributed by atoms with Crippen LogP contribution >= 0.6 is 11.8 Å². The topological polar surface area (TPSA) is 79.9 Å². The van der Waals surface area contributed by atoms with Crippen LogP contribution in [-0.2, 0) is 4.79 Å². The molecule has 9 heteroatoms. The predicted molar refractivity (Wildman–Crippen MR) is 134 cm³/mol. The van der Waals surface area contributed by atoms with Crippen LogP contribution < -0.4 is 20.1 Å². The number of nitrogens with one attached hydrogen (secondary N) is 2. The van der Waals surface area contributed by atoms with E-state index in [9.17, 15) is 14.0 Å². The second kappa shape index (κ2) is 11.2. The maximum Gasteiger partial charge on any atom is 0.252 e. The highest BCUT2D eigenvalue weighted by Crippen LogP contribution is 2.34. The van der Waals surface area contributed by atoms with E-state index in [0.29, 0.717) is 34.2 Å². The third-order valence-corrected chi connectivity index (χ3v) is 6.53. The Kier molecular flexibility index (Phi) is 7.89. The van der Waals surface area contributed by atoms with Gasteiger partial charge in [0.1, 0.15) is 5.82 Å². The predicted octanol–water partition coefficient (Wildman–Crippen LogP) is 4.32. The van der Waals surface area contributed by atoms with Gasteiger partial charge in [0.25, 0.3) is 5.91 Å². The van der Waals surface area contributed by atoms with Crippen molar-refractivity contribution in [1.29, 1.82) is 0 Å². The molecule has 0 saturated carbocycles. The number of anilines is 1. The van der Waals surface area contributed by atoms with Gasteiger partial charge in [-0.05, 0) is 56.1 Å². The highest BCUT2D eigenvalue weighted by Gasteiger charge is 2.19. The summed E-state index contributed by atoms with van der Waals surface area (Å²) in [6.45, 7) is 0.470. The van der Waals surface area contributed by atoms with E-state index in [-0.39, 0.29) is 36.2 Å². The van der Waals surface area contributed by atoms with Crippen LogP contribution in [0.2, 0.25) is 0 Å². The minimum absolute atomic E-state index is 0.127. The largest absolute Gasteiger partial charge is 0.454 e. The first-order valence-corrected chi connectivity index (χ1v) is 12.0. The normalized spacial score (nSPS) is 12.9. The van der Waals surface area contributed by atoms with E-state index in [0.717, 1.165) is 5.56 Å². The zero-order valence-electron chi connectivity index (χ0n) is 19.4. The number of fused-ring (bicyclic) bond motifs is 1. The van der Waals surface area contributed by atoms with Crippen LogP contribution in [0, 0.1) is 5.82 Å². The summed E-state index contributed by atoms with van der Waals surface area (Å²) in [5.74, 6) is 0.581. The maximum atomic E-state index is 13.7. The van der Waals surface area contributed by atoms with Gasteiger partial charge < -0.3 is 25.0 Å². The Morgan fingerprint density at radius 1 is 1.03 bits per heavy atom. The molecule has 3 aromatic rings. The van der Waals surface area contributed by atoms with Crippen LogP contribution in [0.1, 0.15) is 22.0 Å². The van der Waals surface area contributed by atoms with Gasteiger partial charge in [-0.3, -0.25) is 9.59 Å². The molecule has 35 heavy (non-hydrogen) atoms. The molecule has 0 aromatic heterocycles. The molecule has 4 rings (SSSR count). The highest BCUT2D eigenvalue weighted by molar-refractivity contribution is 8.00. The molecule has 1 heterocycles. The Balaban J connectivity index is 1.36. The first-order chi connectivity index (χ1) is 16.9. The number of rotatable bonds is 9. The number of carbonyl (C=O) groups is 2. The molecule has 0 fully saturated rings. The molecule has 0 aliphatic carbocycles. The quantitative estimate of drug-likeness (QED) is 0.431. The molecule has 2 amide bonds. The second-order valence-corrected chi connectivity index (χ2v) is 9.16. The van der Waals surface area contributed by atoms with Gasteiger partial charge in [-0.2, -0.15) is 0 Å². The molecular weight excluding hydrogens is 469 g/mol. The van der Waals surface area contributed by atoms with E-state index in [4.69, 9.17) is 9.47 Å². The lowest BCUT2D eigenvalue weighted by molar-refractivity contribution is -0.113. The number of hydrogen-bond donors (Lipinski definition) is 2. The zero-order chi connectivity index (χ0) is 24.8. The van der Waals surface area contributed by atoms with Crippen molar-refractivity contribution < 1.29 is 23.5 Å². The molecule has 7 nitrogen and oxygen atoms in total. The Morgan fingerprint density at radius 3 is 2.63 bits per heavy atom. The van der Waals surface area contributed by atoms with Gasteiger partial charge in [-0.25, -0.2) is 4.39 Å². The lowest BCUT2D eigenvalue weighted by Crippen LogP contribution is -2.34. The summed E-state index contributed by atoms with van der Waals surface area (Å²) in [7, 11) is 3.76. The average molecular weight is 496 g/mol. The molecule has 1 atom stereocenters. The Hall–Kier alpha value is -3.56. The molecule has 1 aliphatic rings. The summed E-state index contributed by atoms with van der Waals surface area (Å²) in [5, 5.41) is 5.78. The van der Waals surface area contributed by atoms with Crippen molar-refractivity contribution in [3.8, 4) is 11.5 Å². The second-order valence-electron chi connectivity index (χ2n) is 8.15. The molecule has 182 valence electrons. The number of likely N-dealkylation sites (N-methyl/N-ethyl adjacent to an activating group) is 1. The van der Waals surface area contributed by atoms with Gasteiger partial charge in [0.15, 0.2) is 11.5 Å². The SMILES string of the molecule is CN(C)C(CNC(=O)c1ccccc1SCC(=O)Nc1ccc2c(c1)OCO2)c1cccc(F)c1. The average Bonchev–Trinajstić information content (AvgIpc) is 3.31. The number of benzene rings is 3. The van der Waals surface area contributed by atoms with Gasteiger partial charge in [0.05, 0.1) is 17.4 Å². The number of hydrogen-bond acceptors (Lipinski definition) is 6. The Bertz CT molecular complexity index is 1220. The summed E-state index contributed by atoms with van der Waals surface area (Å²) < 4.78 is 24.3. The number of halogens is 1. The standard InChI is InChI=1S/C26H26FN3O4S/c1-30(2)21(17-6-5-7-18(27)12-17)14-28-26(32)20-8-3-4-9-24(20)35-15-25(31)29-19-10-11-22-23(13-19)34-16-33-22/h3-13,21H,14-16H2,1-2H3,(H,28,32)(H,29,31). The van der Waals surface area contributed by atoms with Crippen LogP contribution in [0.15, 0.2) is 71.6 Å². The van der Waals surface area contributed by atoms with Crippen molar-refractivity contribution in [3.63, 3.8) is 0 Å². The molecule has 1 aliphatic heterocycles. The van der Waals surface area contributed by atoms with Crippen molar-refractivity contribution in [1.82, 2.24) is 10.2 Å². The number of ether oxygens (including phenoxy) is 2. The summed E-state index contributed by atoms with van der Waals surface area (Å²) in [4.78, 5) is 28.1. The third-order valence-electron chi connectivity index (χ3n) is 5.46. The van der Waals surface area contributed by atoms with E-state index in [1.54, 1.807) is 36.4 Å². The smallest absolute Gasteiger partial charge is 0.252 e. The van der Waals surface area contributed by atoms with Gasteiger partial charge in [-0.15, -0.1) is 11.8 Å². The van der Waals surface area contributed by atoms with E-state index in [2.05, 4.69) is 10.6 Å². The fourth-order valence-corrected chi connectivity index (χ4v) is 4.54. The number of carbonyl (C=O) groups excluding carboxylic acids is 2.